The van der Waals surface area contributed by atoms with Gasteiger partial charge in [0.15, 0.2) is 11.0 Å². The van der Waals surface area contributed by atoms with Crippen LogP contribution in [-0.4, -0.2) is 43.4 Å². The fourth-order valence-electron chi connectivity index (χ4n) is 3.68. The third-order valence-electron chi connectivity index (χ3n) is 5.30. The summed E-state index contributed by atoms with van der Waals surface area (Å²) in [4.78, 5) is 33.6. The van der Waals surface area contributed by atoms with Crippen molar-refractivity contribution in [3.05, 3.63) is 54.6 Å². The average Bonchev–Trinajstić information content (AvgIpc) is 3.23. The Morgan fingerprint density at radius 2 is 1.76 bits per heavy atom. The van der Waals surface area contributed by atoms with E-state index in [1.807, 2.05) is 0 Å². The molecule has 2 amide bonds. The van der Waals surface area contributed by atoms with E-state index in [2.05, 4.69) is 25.7 Å². The molecule has 0 spiro atoms. The van der Waals surface area contributed by atoms with Gasteiger partial charge in [-0.25, -0.2) is 14.1 Å². The molecule has 1 saturated carbocycles. The summed E-state index contributed by atoms with van der Waals surface area (Å²) in [6, 6.07) is 9.33. The lowest BCUT2D eigenvalue weighted by Crippen LogP contribution is -2.37. The van der Waals surface area contributed by atoms with Gasteiger partial charge in [-0.3, -0.25) is 14.6 Å². The number of hydrogen-bond donors (Lipinski definition) is 2. The summed E-state index contributed by atoms with van der Waals surface area (Å²) in [6.45, 7) is -0.0952. The van der Waals surface area contributed by atoms with Crippen LogP contribution in [0.2, 0.25) is 0 Å². The molecule has 0 bridgehead atoms. The number of benzene rings is 1. The van der Waals surface area contributed by atoms with Gasteiger partial charge in [-0.2, -0.15) is 0 Å². The van der Waals surface area contributed by atoms with E-state index in [0.29, 0.717) is 16.7 Å². The second kappa shape index (κ2) is 11.0. The van der Waals surface area contributed by atoms with Gasteiger partial charge >= 0.3 is 0 Å². The van der Waals surface area contributed by atoms with Crippen LogP contribution in [0, 0.1) is 5.82 Å². The summed E-state index contributed by atoms with van der Waals surface area (Å²) in [7, 11) is 0. The molecule has 0 atom stereocenters. The van der Waals surface area contributed by atoms with Crippen LogP contribution >= 0.6 is 11.8 Å². The highest BCUT2D eigenvalue weighted by molar-refractivity contribution is 7.99. The molecule has 3 aromatic rings. The monoisotopic (exact) mass is 468 g/mol. The fourth-order valence-corrected chi connectivity index (χ4v) is 4.43. The predicted molar refractivity (Wildman–Crippen MR) is 124 cm³/mol. The molecular formula is C23H25FN6O2S. The Morgan fingerprint density at radius 3 is 2.48 bits per heavy atom. The van der Waals surface area contributed by atoms with Crippen molar-refractivity contribution in [2.24, 2.45) is 0 Å². The maximum Gasteiger partial charge on any atom is 0.246 e. The van der Waals surface area contributed by atoms with Crippen molar-refractivity contribution in [3.8, 4) is 11.4 Å². The van der Waals surface area contributed by atoms with Crippen LogP contribution in [0.1, 0.15) is 32.1 Å². The van der Waals surface area contributed by atoms with E-state index in [9.17, 15) is 14.0 Å². The van der Waals surface area contributed by atoms with E-state index in [-0.39, 0.29) is 36.0 Å². The molecule has 0 aliphatic heterocycles. The van der Waals surface area contributed by atoms with Crippen LogP contribution < -0.4 is 10.6 Å². The Hall–Kier alpha value is -3.27. The Bertz CT molecular complexity index is 1080. The first kappa shape index (κ1) is 22.9. The van der Waals surface area contributed by atoms with Crippen LogP contribution in [0.25, 0.3) is 11.4 Å². The molecule has 0 radical (unpaired) electrons. The Kier molecular flexibility index (Phi) is 7.66. The quantitative estimate of drug-likeness (QED) is 0.489. The second-order valence-corrected chi connectivity index (χ2v) is 8.80. The molecule has 172 valence electrons. The minimum Gasteiger partial charge on any atom is -0.353 e. The van der Waals surface area contributed by atoms with E-state index in [0.717, 1.165) is 31.2 Å². The highest BCUT2D eigenvalue weighted by Gasteiger charge is 2.19. The average molecular weight is 469 g/mol. The molecule has 4 rings (SSSR count). The van der Waals surface area contributed by atoms with Gasteiger partial charge in [0.05, 0.1) is 5.75 Å². The maximum atomic E-state index is 13.1. The van der Waals surface area contributed by atoms with Crippen molar-refractivity contribution < 1.29 is 14.0 Å². The first-order chi connectivity index (χ1) is 16.1. The van der Waals surface area contributed by atoms with Crippen LogP contribution in [0.15, 0.2) is 53.9 Å². The van der Waals surface area contributed by atoms with Crippen molar-refractivity contribution in [3.63, 3.8) is 0 Å². The van der Waals surface area contributed by atoms with Crippen LogP contribution in [0.3, 0.4) is 0 Å². The number of pyridine rings is 1. The van der Waals surface area contributed by atoms with E-state index in [1.54, 1.807) is 24.5 Å². The number of carbonyl (C=O) groups excluding carboxylic acids is 2. The summed E-state index contributed by atoms with van der Waals surface area (Å²) in [6.07, 6.45) is 8.83. The first-order valence-corrected chi connectivity index (χ1v) is 11.9. The van der Waals surface area contributed by atoms with Gasteiger partial charge in [0.25, 0.3) is 0 Å². The fraction of sp³-hybridized carbons (Fsp3) is 0.348. The minimum absolute atomic E-state index is 0.0531. The van der Waals surface area contributed by atoms with Crippen LogP contribution in [0.5, 0.6) is 0 Å². The lowest BCUT2D eigenvalue weighted by Gasteiger charge is -2.22. The number of thioether (sulfide) groups is 1. The van der Waals surface area contributed by atoms with Gasteiger partial charge in [0.2, 0.25) is 11.8 Å². The standard InChI is InChI=1S/C23H25FN6O2S/c24-17-6-8-19(9-7-17)26-20(31)14-30-23(28-22(29-30)16-10-12-25-13-11-16)33-15-21(32)27-18-4-2-1-3-5-18/h6-13,18H,1-5,14-15H2,(H,26,31)(H,27,32). The molecule has 10 heteroatoms. The molecule has 8 nitrogen and oxygen atoms in total. The summed E-state index contributed by atoms with van der Waals surface area (Å²) in [5.74, 6) is -0.132. The first-order valence-electron chi connectivity index (χ1n) is 10.9. The molecule has 2 heterocycles. The van der Waals surface area contributed by atoms with E-state index < -0.39 is 0 Å². The predicted octanol–water partition coefficient (Wildman–Crippen LogP) is 3.66. The van der Waals surface area contributed by atoms with Crippen molar-refractivity contribution >= 4 is 29.3 Å². The summed E-state index contributed by atoms with van der Waals surface area (Å²) in [5, 5.41) is 10.8. The van der Waals surface area contributed by atoms with Crippen molar-refractivity contribution in [2.45, 2.75) is 49.8 Å². The van der Waals surface area contributed by atoms with Gasteiger partial charge in [-0.05, 0) is 49.2 Å². The zero-order valence-corrected chi connectivity index (χ0v) is 18.9. The molecule has 1 aliphatic carbocycles. The van der Waals surface area contributed by atoms with Crippen LogP contribution in [-0.2, 0) is 16.1 Å². The van der Waals surface area contributed by atoms with Crippen molar-refractivity contribution in [1.82, 2.24) is 25.1 Å². The third-order valence-corrected chi connectivity index (χ3v) is 6.27. The van der Waals surface area contributed by atoms with Gasteiger partial charge in [0, 0.05) is 29.7 Å². The number of hydrogen-bond acceptors (Lipinski definition) is 6. The molecule has 2 N–H and O–H groups in total. The van der Waals surface area contributed by atoms with Crippen molar-refractivity contribution in [2.75, 3.05) is 11.1 Å². The molecule has 0 unspecified atom stereocenters. The van der Waals surface area contributed by atoms with E-state index >= 15 is 0 Å². The minimum atomic E-state index is -0.378. The highest BCUT2D eigenvalue weighted by Crippen LogP contribution is 2.22. The molecule has 1 fully saturated rings. The van der Waals surface area contributed by atoms with Crippen LogP contribution in [0.4, 0.5) is 10.1 Å². The molecule has 1 aromatic carbocycles. The Labute approximate surface area is 195 Å². The highest BCUT2D eigenvalue weighted by atomic mass is 32.2. The largest absolute Gasteiger partial charge is 0.353 e. The number of carbonyl (C=O) groups is 2. The zero-order chi connectivity index (χ0) is 23.0. The van der Waals surface area contributed by atoms with E-state index in [4.69, 9.17) is 0 Å². The third kappa shape index (κ3) is 6.61. The van der Waals surface area contributed by atoms with Crippen molar-refractivity contribution in [1.29, 1.82) is 0 Å². The van der Waals surface area contributed by atoms with Gasteiger partial charge in [-0.1, -0.05) is 31.0 Å². The number of nitrogens with zero attached hydrogens (tertiary/aromatic N) is 4. The number of nitrogens with one attached hydrogen (secondary N) is 2. The smallest absolute Gasteiger partial charge is 0.246 e. The number of anilines is 1. The topological polar surface area (TPSA) is 102 Å². The molecule has 33 heavy (non-hydrogen) atoms. The number of rotatable bonds is 8. The summed E-state index contributed by atoms with van der Waals surface area (Å²) >= 11 is 1.24. The lowest BCUT2D eigenvalue weighted by molar-refractivity contribution is -0.119. The van der Waals surface area contributed by atoms with Gasteiger partial charge in [-0.15, -0.1) is 5.10 Å². The number of amides is 2. The van der Waals surface area contributed by atoms with Gasteiger partial charge in [0.1, 0.15) is 12.4 Å². The van der Waals surface area contributed by atoms with E-state index in [1.165, 1.54) is 47.1 Å². The lowest BCUT2D eigenvalue weighted by atomic mass is 9.95. The molecule has 0 saturated heterocycles. The summed E-state index contributed by atoms with van der Waals surface area (Å²) < 4.78 is 14.6. The normalized spacial score (nSPS) is 14.1. The van der Waals surface area contributed by atoms with Gasteiger partial charge < -0.3 is 10.6 Å². The molecule has 2 aromatic heterocycles. The SMILES string of the molecule is O=C(Cn1nc(-c2ccncc2)nc1SCC(=O)NC1CCCCC1)Nc1ccc(F)cc1. The summed E-state index contributed by atoms with van der Waals surface area (Å²) in [5.41, 5.74) is 1.24. The Balaban J connectivity index is 1.44. The number of aromatic nitrogens is 4. The Morgan fingerprint density at radius 1 is 1.03 bits per heavy atom. The maximum absolute atomic E-state index is 13.1. The molecule has 1 aliphatic rings. The number of halogens is 1. The zero-order valence-electron chi connectivity index (χ0n) is 18.0. The molecular weight excluding hydrogens is 443 g/mol. The second-order valence-electron chi connectivity index (χ2n) is 7.86.